The van der Waals surface area contributed by atoms with E-state index in [1.807, 2.05) is 0 Å². The molecule has 0 saturated heterocycles. The van der Waals surface area contributed by atoms with E-state index in [1.165, 1.54) is 4.68 Å². The first-order valence-electron chi connectivity index (χ1n) is 8.84. The van der Waals surface area contributed by atoms with Crippen molar-refractivity contribution in [3.63, 3.8) is 0 Å². The van der Waals surface area contributed by atoms with E-state index in [1.54, 1.807) is 20.1 Å². The SMILES string of the molecule is COCCCNC(=O)C(=O)Nc1cc(C)nn1C1=NC(=O)C2CCCC2=N1. The van der Waals surface area contributed by atoms with Crippen LogP contribution >= 0.6 is 0 Å². The third-order valence-corrected chi connectivity index (χ3v) is 4.36. The van der Waals surface area contributed by atoms with Gasteiger partial charge >= 0.3 is 11.8 Å². The van der Waals surface area contributed by atoms with E-state index in [0.29, 0.717) is 25.3 Å². The summed E-state index contributed by atoms with van der Waals surface area (Å²) in [6.45, 7) is 2.55. The Labute approximate surface area is 156 Å². The quantitative estimate of drug-likeness (QED) is 0.565. The highest BCUT2D eigenvalue weighted by molar-refractivity contribution is 6.39. The average molecular weight is 374 g/mol. The van der Waals surface area contributed by atoms with E-state index in [0.717, 1.165) is 25.0 Å². The number of nitrogens with zero attached hydrogens (tertiary/aromatic N) is 4. The molecule has 1 atom stereocenters. The normalized spacial score (nSPS) is 18.6. The van der Waals surface area contributed by atoms with Crippen LogP contribution in [0, 0.1) is 12.8 Å². The smallest absolute Gasteiger partial charge is 0.314 e. The molecule has 10 nitrogen and oxygen atoms in total. The summed E-state index contributed by atoms with van der Waals surface area (Å²) in [6.07, 6.45) is 3.02. The van der Waals surface area contributed by atoms with Gasteiger partial charge in [-0.25, -0.2) is 4.99 Å². The maximum atomic E-state index is 12.2. The van der Waals surface area contributed by atoms with Crippen molar-refractivity contribution >= 4 is 35.2 Å². The van der Waals surface area contributed by atoms with Gasteiger partial charge in [0.25, 0.3) is 11.9 Å². The van der Waals surface area contributed by atoms with Gasteiger partial charge in [-0.2, -0.15) is 14.8 Å². The first kappa shape index (κ1) is 18.9. The molecule has 27 heavy (non-hydrogen) atoms. The van der Waals surface area contributed by atoms with Crippen LogP contribution in [-0.2, 0) is 19.1 Å². The maximum absolute atomic E-state index is 12.2. The van der Waals surface area contributed by atoms with Gasteiger partial charge in [-0.05, 0) is 32.6 Å². The highest BCUT2D eigenvalue weighted by Crippen LogP contribution is 2.27. The lowest BCUT2D eigenvalue weighted by Gasteiger charge is -2.15. The molecule has 1 aliphatic heterocycles. The predicted molar refractivity (Wildman–Crippen MR) is 97.7 cm³/mol. The van der Waals surface area contributed by atoms with Crippen molar-refractivity contribution in [1.82, 2.24) is 15.1 Å². The average Bonchev–Trinajstić information content (AvgIpc) is 3.25. The van der Waals surface area contributed by atoms with E-state index < -0.39 is 11.8 Å². The van der Waals surface area contributed by atoms with Crippen molar-refractivity contribution in [2.45, 2.75) is 32.6 Å². The number of hydrogen-bond acceptors (Lipinski definition) is 6. The Kier molecular flexibility index (Phi) is 5.75. The van der Waals surface area contributed by atoms with E-state index in [-0.39, 0.29) is 23.6 Å². The van der Waals surface area contributed by atoms with Gasteiger partial charge in [-0.1, -0.05) is 0 Å². The lowest BCUT2D eigenvalue weighted by molar-refractivity contribution is -0.136. The first-order valence-corrected chi connectivity index (χ1v) is 8.84. The number of methoxy groups -OCH3 is 1. The Balaban J connectivity index is 1.72. The van der Waals surface area contributed by atoms with Crippen LogP contribution in [-0.4, -0.2) is 59.4 Å². The summed E-state index contributed by atoms with van der Waals surface area (Å²) in [5.41, 5.74) is 1.39. The Morgan fingerprint density at radius 3 is 2.93 bits per heavy atom. The second-order valence-electron chi connectivity index (χ2n) is 6.44. The number of ether oxygens (including phenoxy) is 1. The number of nitrogens with one attached hydrogen (secondary N) is 2. The van der Waals surface area contributed by atoms with Gasteiger partial charge in [0.2, 0.25) is 0 Å². The number of hydrogen-bond donors (Lipinski definition) is 2. The number of aliphatic imine (C=N–C) groups is 2. The molecule has 0 bridgehead atoms. The molecule has 2 heterocycles. The minimum atomic E-state index is -0.831. The second-order valence-corrected chi connectivity index (χ2v) is 6.44. The fourth-order valence-corrected chi connectivity index (χ4v) is 3.07. The molecule has 0 aromatic carbocycles. The summed E-state index contributed by atoms with van der Waals surface area (Å²) >= 11 is 0. The molecular formula is C17H22N6O4. The molecule has 3 rings (SSSR count). The molecule has 144 valence electrons. The third kappa shape index (κ3) is 4.27. The number of aryl methyl sites for hydroxylation is 1. The molecule has 10 heteroatoms. The van der Waals surface area contributed by atoms with E-state index in [4.69, 9.17) is 4.74 Å². The van der Waals surface area contributed by atoms with Crippen molar-refractivity contribution in [3.05, 3.63) is 11.8 Å². The van der Waals surface area contributed by atoms with Gasteiger partial charge in [-0.15, -0.1) is 0 Å². The monoisotopic (exact) mass is 374 g/mol. The summed E-state index contributed by atoms with van der Waals surface area (Å²) < 4.78 is 6.17. The third-order valence-electron chi connectivity index (χ3n) is 4.36. The molecule has 0 spiro atoms. The molecule has 1 aliphatic carbocycles. The van der Waals surface area contributed by atoms with Crippen molar-refractivity contribution in [1.29, 1.82) is 0 Å². The molecule has 0 radical (unpaired) electrons. The molecule has 3 amide bonds. The summed E-state index contributed by atoms with van der Waals surface area (Å²) in [5.74, 6) is -1.73. The standard InChI is InChI=1S/C17H22N6O4/c1-10-9-13(20-16(26)15(25)18-7-4-8-27-2)23(22-10)17-19-12-6-3-5-11(12)14(24)21-17/h9,11H,3-8H2,1-2H3,(H,18,25)(H,20,26). The highest BCUT2D eigenvalue weighted by atomic mass is 16.5. The van der Waals surface area contributed by atoms with Crippen LogP contribution < -0.4 is 10.6 Å². The zero-order valence-electron chi connectivity index (χ0n) is 15.3. The van der Waals surface area contributed by atoms with Gasteiger partial charge < -0.3 is 15.4 Å². The highest BCUT2D eigenvalue weighted by Gasteiger charge is 2.33. The topological polar surface area (TPSA) is 127 Å². The van der Waals surface area contributed by atoms with Crippen LogP contribution in [0.4, 0.5) is 5.82 Å². The summed E-state index contributed by atoms with van der Waals surface area (Å²) in [4.78, 5) is 44.7. The Hall–Kier alpha value is -2.88. The van der Waals surface area contributed by atoms with E-state index in [2.05, 4.69) is 25.7 Å². The molecular weight excluding hydrogens is 352 g/mol. The Morgan fingerprint density at radius 2 is 2.15 bits per heavy atom. The van der Waals surface area contributed by atoms with Crippen LogP contribution in [0.3, 0.4) is 0 Å². The fraction of sp³-hybridized carbons (Fsp3) is 0.529. The lowest BCUT2D eigenvalue weighted by Crippen LogP contribution is -2.37. The number of carbonyl (C=O) groups is 3. The van der Waals surface area contributed by atoms with Crippen molar-refractivity contribution in [3.8, 4) is 0 Å². The summed E-state index contributed by atoms with van der Waals surface area (Å²) in [7, 11) is 1.56. The van der Waals surface area contributed by atoms with Gasteiger partial charge in [0.15, 0.2) is 0 Å². The number of aromatic nitrogens is 2. The summed E-state index contributed by atoms with van der Waals surface area (Å²) in [6, 6.07) is 1.59. The van der Waals surface area contributed by atoms with Crippen molar-refractivity contribution in [2.24, 2.45) is 15.9 Å². The van der Waals surface area contributed by atoms with E-state index in [9.17, 15) is 14.4 Å². The minimum Gasteiger partial charge on any atom is -0.385 e. The molecule has 1 aromatic rings. The molecule has 1 aromatic heterocycles. The van der Waals surface area contributed by atoms with Crippen LogP contribution in [0.5, 0.6) is 0 Å². The molecule has 2 N–H and O–H groups in total. The molecule has 1 saturated carbocycles. The number of fused-ring (bicyclic) bond motifs is 1. The van der Waals surface area contributed by atoms with Gasteiger partial charge in [-0.3, -0.25) is 14.4 Å². The lowest BCUT2D eigenvalue weighted by atomic mass is 10.1. The molecule has 2 aliphatic rings. The van der Waals surface area contributed by atoms with Crippen molar-refractivity contribution < 1.29 is 19.1 Å². The molecule has 1 fully saturated rings. The Bertz CT molecular complexity index is 825. The number of amides is 3. The van der Waals surface area contributed by atoms with Gasteiger partial charge in [0, 0.05) is 32.0 Å². The molecule has 1 unspecified atom stereocenters. The van der Waals surface area contributed by atoms with Gasteiger partial charge in [0.05, 0.1) is 11.6 Å². The summed E-state index contributed by atoms with van der Waals surface area (Å²) in [5, 5.41) is 9.25. The van der Waals surface area contributed by atoms with Crippen LogP contribution in [0.25, 0.3) is 0 Å². The fourth-order valence-electron chi connectivity index (χ4n) is 3.07. The zero-order chi connectivity index (χ0) is 19.4. The van der Waals surface area contributed by atoms with E-state index >= 15 is 0 Å². The zero-order valence-corrected chi connectivity index (χ0v) is 15.3. The van der Waals surface area contributed by atoms with Crippen LogP contribution in [0.15, 0.2) is 16.1 Å². The second kappa shape index (κ2) is 8.21. The van der Waals surface area contributed by atoms with Crippen molar-refractivity contribution in [2.75, 3.05) is 25.6 Å². The maximum Gasteiger partial charge on any atom is 0.314 e. The predicted octanol–water partition coefficient (Wildman–Crippen LogP) is 0.268. The largest absolute Gasteiger partial charge is 0.385 e. The van der Waals surface area contributed by atoms with Crippen LogP contribution in [0.1, 0.15) is 31.4 Å². The minimum absolute atomic E-state index is 0.108. The number of anilines is 1. The first-order chi connectivity index (χ1) is 13.0. The Morgan fingerprint density at radius 1 is 1.33 bits per heavy atom. The number of rotatable bonds is 5. The number of carbonyl (C=O) groups excluding carboxylic acids is 3. The van der Waals surface area contributed by atoms with Gasteiger partial charge in [0.1, 0.15) is 5.82 Å². The van der Waals surface area contributed by atoms with Crippen LogP contribution in [0.2, 0.25) is 0 Å².